The van der Waals surface area contributed by atoms with E-state index in [0.29, 0.717) is 5.92 Å². The van der Waals surface area contributed by atoms with E-state index in [-0.39, 0.29) is 23.3 Å². The molecule has 2 rings (SSSR count). The highest BCUT2D eigenvalue weighted by Crippen LogP contribution is 2.24. The standard InChI is InChI=1S/C15H20N2O3/c1-10(2)13-8-3-4-9-17(13)14(18)11-6-5-7-12(16-11)15(19)20/h5-7,10,13H,3-4,8-9H2,1-2H3,(H,19,20). The fourth-order valence-corrected chi connectivity index (χ4v) is 2.72. The molecule has 0 spiro atoms. The Bertz CT molecular complexity index is 514. The molecule has 1 atom stereocenters. The van der Waals surface area contributed by atoms with Crippen LogP contribution in [-0.2, 0) is 0 Å². The van der Waals surface area contributed by atoms with Crippen molar-refractivity contribution in [1.82, 2.24) is 9.88 Å². The Morgan fingerprint density at radius 3 is 2.65 bits per heavy atom. The molecule has 5 heteroatoms. The minimum Gasteiger partial charge on any atom is -0.477 e. The first-order valence-electron chi connectivity index (χ1n) is 7.02. The number of carbonyl (C=O) groups excluding carboxylic acids is 1. The number of piperidine rings is 1. The molecule has 0 radical (unpaired) electrons. The number of aromatic carboxylic acids is 1. The first-order chi connectivity index (χ1) is 9.50. The number of carbonyl (C=O) groups is 2. The van der Waals surface area contributed by atoms with Crippen LogP contribution in [-0.4, -0.2) is 39.5 Å². The lowest BCUT2D eigenvalue weighted by atomic mass is 9.92. The second kappa shape index (κ2) is 6.03. The molecule has 0 saturated carbocycles. The van der Waals surface area contributed by atoms with Gasteiger partial charge in [0.05, 0.1) is 0 Å². The number of rotatable bonds is 3. The molecular formula is C15H20N2O3. The average Bonchev–Trinajstić information content (AvgIpc) is 2.46. The van der Waals surface area contributed by atoms with Gasteiger partial charge >= 0.3 is 5.97 Å². The summed E-state index contributed by atoms with van der Waals surface area (Å²) in [6.45, 7) is 4.94. The highest BCUT2D eigenvalue weighted by Gasteiger charge is 2.30. The highest BCUT2D eigenvalue weighted by molar-refractivity contribution is 5.94. The minimum atomic E-state index is -1.11. The third-order valence-electron chi connectivity index (χ3n) is 3.77. The Labute approximate surface area is 118 Å². The lowest BCUT2D eigenvalue weighted by Crippen LogP contribution is -2.46. The molecule has 1 N–H and O–H groups in total. The van der Waals surface area contributed by atoms with Crippen molar-refractivity contribution in [2.75, 3.05) is 6.54 Å². The topological polar surface area (TPSA) is 70.5 Å². The van der Waals surface area contributed by atoms with Gasteiger partial charge in [-0.3, -0.25) is 4.79 Å². The van der Waals surface area contributed by atoms with Gasteiger partial charge < -0.3 is 10.0 Å². The predicted octanol–water partition coefficient (Wildman–Crippen LogP) is 2.43. The first-order valence-corrected chi connectivity index (χ1v) is 7.02. The number of aromatic nitrogens is 1. The first kappa shape index (κ1) is 14.5. The number of pyridine rings is 1. The van der Waals surface area contributed by atoms with Crippen LogP contribution < -0.4 is 0 Å². The molecular weight excluding hydrogens is 256 g/mol. The second-order valence-corrected chi connectivity index (χ2v) is 5.52. The van der Waals surface area contributed by atoms with E-state index in [2.05, 4.69) is 18.8 Å². The smallest absolute Gasteiger partial charge is 0.354 e. The molecule has 1 amide bonds. The average molecular weight is 276 g/mol. The summed E-state index contributed by atoms with van der Waals surface area (Å²) >= 11 is 0. The predicted molar refractivity (Wildman–Crippen MR) is 74.7 cm³/mol. The zero-order valence-electron chi connectivity index (χ0n) is 11.9. The summed E-state index contributed by atoms with van der Waals surface area (Å²) in [4.78, 5) is 29.3. The van der Waals surface area contributed by atoms with Gasteiger partial charge in [-0.05, 0) is 37.3 Å². The number of carboxylic acid groups (broad SMARTS) is 1. The van der Waals surface area contributed by atoms with Crippen molar-refractivity contribution in [3.63, 3.8) is 0 Å². The molecule has 1 unspecified atom stereocenters. The molecule has 1 aliphatic rings. The maximum atomic E-state index is 12.6. The number of likely N-dealkylation sites (tertiary alicyclic amines) is 1. The van der Waals surface area contributed by atoms with Crippen LogP contribution in [0.2, 0.25) is 0 Å². The number of carboxylic acids is 1. The Balaban J connectivity index is 2.25. The summed E-state index contributed by atoms with van der Waals surface area (Å²) in [5, 5.41) is 8.95. The van der Waals surface area contributed by atoms with Crippen molar-refractivity contribution in [1.29, 1.82) is 0 Å². The zero-order chi connectivity index (χ0) is 14.7. The summed E-state index contributed by atoms with van der Waals surface area (Å²) < 4.78 is 0. The van der Waals surface area contributed by atoms with E-state index in [0.717, 1.165) is 25.8 Å². The third kappa shape index (κ3) is 2.98. The van der Waals surface area contributed by atoms with Crippen LogP contribution in [0.25, 0.3) is 0 Å². The van der Waals surface area contributed by atoms with Gasteiger partial charge in [0.15, 0.2) is 0 Å². The summed E-state index contributed by atoms with van der Waals surface area (Å²) in [7, 11) is 0. The third-order valence-corrected chi connectivity index (χ3v) is 3.77. The number of hydrogen-bond acceptors (Lipinski definition) is 3. The van der Waals surface area contributed by atoms with Crippen molar-refractivity contribution in [2.45, 2.75) is 39.2 Å². The summed E-state index contributed by atoms with van der Waals surface area (Å²) in [5.74, 6) is -0.882. The van der Waals surface area contributed by atoms with Gasteiger partial charge in [-0.2, -0.15) is 0 Å². The van der Waals surface area contributed by atoms with Crippen molar-refractivity contribution in [3.05, 3.63) is 29.6 Å². The zero-order valence-corrected chi connectivity index (χ0v) is 11.9. The molecule has 0 aromatic carbocycles. The number of hydrogen-bond donors (Lipinski definition) is 1. The molecule has 1 saturated heterocycles. The van der Waals surface area contributed by atoms with E-state index in [1.165, 1.54) is 6.07 Å². The molecule has 5 nitrogen and oxygen atoms in total. The van der Waals surface area contributed by atoms with Gasteiger partial charge in [-0.25, -0.2) is 9.78 Å². The maximum Gasteiger partial charge on any atom is 0.354 e. The van der Waals surface area contributed by atoms with Gasteiger partial charge in [0.2, 0.25) is 0 Å². The van der Waals surface area contributed by atoms with E-state index in [1.807, 2.05) is 4.90 Å². The Kier molecular flexibility index (Phi) is 4.37. The molecule has 20 heavy (non-hydrogen) atoms. The SMILES string of the molecule is CC(C)C1CCCCN1C(=O)c1cccc(C(=O)O)n1. The summed E-state index contributed by atoms with van der Waals surface area (Å²) in [5.41, 5.74) is 0.131. The Hall–Kier alpha value is -1.91. The summed E-state index contributed by atoms with van der Waals surface area (Å²) in [6, 6.07) is 4.76. The molecule has 2 heterocycles. The molecule has 1 fully saturated rings. The van der Waals surface area contributed by atoms with E-state index in [1.54, 1.807) is 12.1 Å². The molecule has 1 aromatic rings. The van der Waals surface area contributed by atoms with Crippen LogP contribution in [0.3, 0.4) is 0 Å². The normalized spacial score (nSPS) is 19.1. The van der Waals surface area contributed by atoms with E-state index < -0.39 is 5.97 Å². The van der Waals surface area contributed by atoms with E-state index >= 15 is 0 Å². The molecule has 1 aromatic heterocycles. The molecule has 0 aliphatic carbocycles. The highest BCUT2D eigenvalue weighted by atomic mass is 16.4. The van der Waals surface area contributed by atoms with E-state index in [4.69, 9.17) is 5.11 Å². The number of amides is 1. The second-order valence-electron chi connectivity index (χ2n) is 5.52. The minimum absolute atomic E-state index is 0.0889. The van der Waals surface area contributed by atoms with E-state index in [9.17, 15) is 9.59 Å². The fourth-order valence-electron chi connectivity index (χ4n) is 2.72. The van der Waals surface area contributed by atoms with Gasteiger partial charge in [-0.15, -0.1) is 0 Å². The fraction of sp³-hybridized carbons (Fsp3) is 0.533. The van der Waals surface area contributed by atoms with Gasteiger partial charge in [-0.1, -0.05) is 19.9 Å². The van der Waals surface area contributed by atoms with Gasteiger partial charge in [0.25, 0.3) is 5.91 Å². The van der Waals surface area contributed by atoms with Crippen LogP contribution in [0, 0.1) is 5.92 Å². The lowest BCUT2D eigenvalue weighted by Gasteiger charge is -2.38. The lowest BCUT2D eigenvalue weighted by molar-refractivity contribution is 0.0537. The van der Waals surface area contributed by atoms with Crippen molar-refractivity contribution >= 4 is 11.9 Å². The van der Waals surface area contributed by atoms with Crippen molar-refractivity contribution < 1.29 is 14.7 Å². The number of nitrogens with zero attached hydrogens (tertiary/aromatic N) is 2. The molecule has 1 aliphatic heterocycles. The molecule has 0 bridgehead atoms. The van der Waals surface area contributed by atoms with Crippen LogP contribution >= 0.6 is 0 Å². The van der Waals surface area contributed by atoms with Crippen molar-refractivity contribution in [3.8, 4) is 0 Å². The van der Waals surface area contributed by atoms with Gasteiger partial charge in [0.1, 0.15) is 11.4 Å². The maximum absolute atomic E-state index is 12.6. The van der Waals surface area contributed by atoms with Crippen LogP contribution in [0.4, 0.5) is 0 Å². The largest absolute Gasteiger partial charge is 0.477 e. The molecule has 108 valence electrons. The van der Waals surface area contributed by atoms with Crippen molar-refractivity contribution in [2.24, 2.45) is 5.92 Å². The Morgan fingerprint density at radius 1 is 1.30 bits per heavy atom. The quantitative estimate of drug-likeness (QED) is 0.920. The van der Waals surface area contributed by atoms with Crippen LogP contribution in [0.1, 0.15) is 54.1 Å². The van der Waals surface area contributed by atoms with Crippen LogP contribution in [0.5, 0.6) is 0 Å². The van der Waals surface area contributed by atoms with Crippen LogP contribution in [0.15, 0.2) is 18.2 Å². The van der Waals surface area contributed by atoms with Gasteiger partial charge in [0, 0.05) is 12.6 Å². The summed E-state index contributed by atoms with van der Waals surface area (Å²) in [6.07, 6.45) is 3.13. The Morgan fingerprint density at radius 2 is 2.00 bits per heavy atom. The monoisotopic (exact) mass is 276 g/mol.